The molecule has 110 valence electrons. The van der Waals surface area contributed by atoms with E-state index in [1.807, 2.05) is 0 Å². The Morgan fingerprint density at radius 2 is 2.10 bits per heavy atom. The van der Waals surface area contributed by atoms with Crippen LogP contribution in [-0.4, -0.2) is 31.1 Å². The average molecular weight is 283 g/mol. The minimum absolute atomic E-state index is 0.101. The summed E-state index contributed by atoms with van der Waals surface area (Å²) >= 11 is 0. The van der Waals surface area contributed by atoms with E-state index in [2.05, 4.69) is 5.32 Å². The molecular formula is C14H18FNO4. The Labute approximate surface area is 117 Å². The molecule has 0 atom stereocenters. The maximum atomic E-state index is 13.0. The Balaban J connectivity index is 2.40. The standard InChI is InChI=1S/C14H18FNO4/c1-14(2,3)20-13(18)16-6-7-19-12-8-11(15)5-4-10(12)9-17/h4-5,8-9H,6-7H2,1-3H3,(H,16,18). The Morgan fingerprint density at radius 1 is 1.40 bits per heavy atom. The Kier molecular flexibility index (Phi) is 5.49. The van der Waals surface area contributed by atoms with Crippen molar-refractivity contribution in [3.63, 3.8) is 0 Å². The second kappa shape index (κ2) is 6.88. The van der Waals surface area contributed by atoms with Gasteiger partial charge in [0.05, 0.1) is 12.1 Å². The van der Waals surface area contributed by atoms with E-state index in [1.165, 1.54) is 12.1 Å². The summed E-state index contributed by atoms with van der Waals surface area (Å²) in [6.07, 6.45) is 0.0201. The van der Waals surface area contributed by atoms with Crippen molar-refractivity contribution in [2.24, 2.45) is 0 Å². The predicted octanol–water partition coefficient (Wildman–Crippen LogP) is 2.54. The summed E-state index contributed by atoms with van der Waals surface area (Å²) in [6.45, 7) is 5.55. The molecule has 1 amide bonds. The molecule has 0 heterocycles. The van der Waals surface area contributed by atoms with Crippen molar-refractivity contribution >= 4 is 12.4 Å². The van der Waals surface area contributed by atoms with Gasteiger partial charge < -0.3 is 14.8 Å². The molecule has 0 aliphatic heterocycles. The molecule has 20 heavy (non-hydrogen) atoms. The lowest BCUT2D eigenvalue weighted by Crippen LogP contribution is -2.34. The number of aldehydes is 1. The maximum absolute atomic E-state index is 13.0. The van der Waals surface area contributed by atoms with E-state index in [-0.39, 0.29) is 24.5 Å². The quantitative estimate of drug-likeness (QED) is 0.666. The van der Waals surface area contributed by atoms with Crippen LogP contribution in [-0.2, 0) is 4.74 Å². The highest BCUT2D eigenvalue weighted by Crippen LogP contribution is 2.17. The second-order valence-corrected chi connectivity index (χ2v) is 5.08. The number of rotatable bonds is 5. The molecule has 5 nitrogen and oxygen atoms in total. The van der Waals surface area contributed by atoms with E-state index in [1.54, 1.807) is 20.8 Å². The molecule has 1 aromatic carbocycles. The Morgan fingerprint density at radius 3 is 2.70 bits per heavy atom. The predicted molar refractivity (Wildman–Crippen MR) is 71.5 cm³/mol. The van der Waals surface area contributed by atoms with Crippen molar-refractivity contribution in [1.29, 1.82) is 0 Å². The molecule has 1 N–H and O–H groups in total. The first-order valence-corrected chi connectivity index (χ1v) is 6.16. The lowest BCUT2D eigenvalue weighted by Gasteiger charge is -2.19. The zero-order valence-corrected chi connectivity index (χ0v) is 11.7. The smallest absolute Gasteiger partial charge is 0.407 e. The zero-order chi connectivity index (χ0) is 15.2. The van der Waals surface area contributed by atoms with Crippen LogP contribution >= 0.6 is 0 Å². The minimum atomic E-state index is -0.571. The molecule has 6 heteroatoms. The molecule has 0 spiro atoms. The highest BCUT2D eigenvalue weighted by atomic mass is 19.1. The minimum Gasteiger partial charge on any atom is -0.491 e. The first kappa shape index (κ1) is 15.9. The van der Waals surface area contributed by atoms with Gasteiger partial charge in [-0.25, -0.2) is 9.18 Å². The summed E-state index contributed by atoms with van der Waals surface area (Å²) < 4.78 is 23.3. The highest BCUT2D eigenvalue weighted by Gasteiger charge is 2.15. The Bertz CT molecular complexity index is 483. The normalized spacial score (nSPS) is 10.8. The summed E-state index contributed by atoms with van der Waals surface area (Å²) in [4.78, 5) is 22.1. The van der Waals surface area contributed by atoms with Crippen LogP contribution in [0.2, 0.25) is 0 Å². The van der Waals surface area contributed by atoms with Gasteiger partial charge in [-0.15, -0.1) is 0 Å². The van der Waals surface area contributed by atoms with Gasteiger partial charge in [0.15, 0.2) is 6.29 Å². The number of benzene rings is 1. The summed E-state index contributed by atoms with van der Waals surface area (Å²) in [5, 5.41) is 2.49. The molecule has 1 rings (SSSR count). The van der Waals surface area contributed by atoms with Crippen molar-refractivity contribution in [2.45, 2.75) is 26.4 Å². The molecule has 1 aromatic rings. The summed E-state index contributed by atoms with van der Waals surface area (Å²) in [7, 11) is 0. The molecule has 0 aromatic heterocycles. The molecular weight excluding hydrogens is 265 g/mol. The van der Waals surface area contributed by atoms with Crippen LogP contribution in [0.1, 0.15) is 31.1 Å². The molecule has 0 radical (unpaired) electrons. The maximum Gasteiger partial charge on any atom is 0.407 e. The number of carbonyl (C=O) groups is 2. The van der Waals surface area contributed by atoms with Crippen molar-refractivity contribution in [2.75, 3.05) is 13.2 Å². The average Bonchev–Trinajstić information content (AvgIpc) is 2.33. The first-order chi connectivity index (χ1) is 9.31. The van der Waals surface area contributed by atoms with Crippen LogP contribution in [0.5, 0.6) is 5.75 Å². The largest absolute Gasteiger partial charge is 0.491 e. The molecule has 0 saturated heterocycles. The van der Waals surface area contributed by atoms with Gasteiger partial charge in [-0.1, -0.05) is 0 Å². The lowest BCUT2D eigenvalue weighted by molar-refractivity contribution is 0.0520. The van der Waals surface area contributed by atoms with Crippen LogP contribution in [0, 0.1) is 5.82 Å². The van der Waals surface area contributed by atoms with Gasteiger partial charge in [0.25, 0.3) is 0 Å². The van der Waals surface area contributed by atoms with Crippen molar-refractivity contribution in [1.82, 2.24) is 5.32 Å². The van der Waals surface area contributed by atoms with E-state index >= 15 is 0 Å². The topological polar surface area (TPSA) is 64.6 Å². The second-order valence-electron chi connectivity index (χ2n) is 5.08. The number of alkyl carbamates (subject to hydrolysis) is 1. The summed E-state index contributed by atoms with van der Waals surface area (Å²) in [5.41, 5.74) is -0.318. The van der Waals surface area contributed by atoms with Crippen molar-refractivity contribution in [3.05, 3.63) is 29.6 Å². The fourth-order valence-corrected chi connectivity index (χ4v) is 1.36. The number of nitrogens with one attached hydrogen (secondary N) is 1. The van der Waals surface area contributed by atoms with E-state index in [4.69, 9.17) is 9.47 Å². The van der Waals surface area contributed by atoms with Crippen molar-refractivity contribution in [3.8, 4) is 5.75 Å². The molecule has 0 fully saturated rings. The van der Waals surface area contributed by atoms with Crippen LogP contribution in [0.15, 0.2) is 18.2 Å². The van der Waals surface area contributed by atoms with Crippen LogP contribution in [0.3, 0.4) is 0 Å². The number of amides is 1. The summed E-state index contributed by atoms with van der Waals surface area (Å²) in [6, 6.07) is 3.63. The number of hydrogen-bond acceptors (Lipinski definition) is 4. The van der Waals surface area contributed by atoms with Gasteiger partial charge in [-0.3, -0.25) is 4.79 Å². The van der Waals surface area contributed by atoms with Gasteiger partial charge >= 0.3 is 6.09 Å². The van der Waals surface area contributed by atoms with Crippen LogP contribution in [0.25, 0.3) is 0 Å². The Hall–Kier alpha value is -2.11. The fourth-order valence-electron chi connectivity index (χ4n) is 1.36. The SMILES string of the molecule is CC(C)(C)OC(=O)NCCOc1cc(F)ccc1C=O. The third-order valence-corrected chi connectivity index (χ3v) is 2.13. The number of ether oxygens (including phenoxy) is 2. The number of halogens is 1. The fraction of sp³-hybridized carbons (Fsp3) is 0.429. The molecule has 0 aliphatic rings. The third-order valence-electron chi connectivity index (χ3n) is 2.13. The van der Waals surface area contributed by atoms with Crippen LogP contribution < -0.4 is 10.1 Å². The monoisotopic (exact) mass is 283 g/mol. The molecule has 0 unspecified atom stereocenters. The lowest BCUT2D eigenvalue weighted by atomic mass is 10.2. The van der Waals surface area contributed by atoms with Gasteiger partial charge in [0.1, 0.15) is 23.8 Å². The molecule has 0 aliphatic carbocycles. The van der Waals surface area contributed by atoms with Crippen molar-refractivity contribution < 1.29 is 23.5 Å². The van der Waals surface area contributed by atoms with Gasteiger partial charge in [-0.2, -0.15) is 0 Å². The summed E-state index contributed by atoms with van der Waals surface area (Å²) in [5.74, 6) is -0.350. The van der Waals surface area contributed by atoms with E-state index in [9.17, 15) is 14.0 Å². The molecule has 0 saturated carbocycles. The van der Waals surface area contributed by atoms with Gasteiger partial charge in [0.2, 0.25) is 0 Å². The van der Waals surface area contributed by atoms with E-state index < -0.39 is 17.5 Å². The van der Waals surface area contributed by atoms with Gasteiger partial charge in [-0.05, 0) is 32.9 Å². The third kappa shape index (κ3) is 5.69. The van der Waals surface area contributed by atoms with E-state index in [0.717, 1.165) is 6.07 Å². The first-order valence-electron chi connectivity index (χ1n) is 6.16. The molecule has 0 bridgehead atoms. The number of carbonyl (C=O) groups excluding carboxylic acids is 2. The van der Waals surface area contributed by atoms with Gasteiger partial charge in [0, 0.05) is 6.07 Å². The number of hydrogen-bond donors (Lipinski definition) is 1. The highest BCUT2D eigenvalue weighted by molar-refractivity contribution is 5.79. The van der Waals surface area contributed by atoms with E-state index in [0.29, 0.717) is 6.29 Å². The van der Waals surface area contributed by atoms with Crippen LogP contribution in [0.4, 0.5) is 9.18 Å². The zero-order valence-electron chi connectivity index (χ0n) is 11.7.